The zero-order chi connectivity index (χ0) is 12.3. The molecule has 1 heteroatoms. The van der Waals surface area contributed by atoms with E-state index >= 15 is 0 Å². The highest BCUT2D eigenvalue weighted by Gasteiger charge is 2.10. The summed E-state index contributed by atoms with van der Waals surface area (Å²) >= 11 is 0. The van der Waals surface area contributed by atoms with Gasteiger partial charge in [0, 0.05) is 0 Å². The van der Waals surface area contributed by atoms with Gasteiger partial charge < -0.3 is 0 Å². The molecule has 2 rings (SSSR count). The minimum atomic E-state index is 0.197. The number of benzene rings is 1. The highest BCUT2D eigenvalue weighted by molar-refractivity contribution is 5.97. The summed E-state index contributed by atoms with van der Waals surface area (Å²) in [6.45, 7) is 3.81. The van der Waals surface area contributed by atoms with Gasteiger partial charge in [-0.1, -0.05) is 37.3 Å². The molecule has 0 fully saturated rings. The van der Waals surface area contributed by atoms with Crippen molar-refractivity contribution in [1.29, 1.82) is 0 Å². The van der Waals surface area contributed by atoms with Crippen LogP contribution in [0, 0.1) is 0 Å². The summed E-state index contributed by atoms with van der Waals surface area (Å²) in [5.41, 5.74) is 4.70. The van der Waals surface area contributed by atoms with Gasteiger partial charge in [-0.25, -0.2) is 0 Å². The van der Waals surface area contributed by atoms with Crippen LogP contribution in [0.2, 0.25) is 0 Å². The maximum Gasteiger partial charge on any atom is 0.155 e. The standard InChI is InChI=1S/C16H18O/c1-3-13-6-4-8-15(10-13)16-9-5-7-14(11-16)12(2)17/h4,6,8-11H,3,5,7H2,1-2H3. The first-order valence-corrected chi connectivity index (χ1v) is 6.21. The molecule has 17 heavy (non-hydrogen) atoms. The highest BCUT2D eigenvalue weighted by Crippen LogP contribution is 2.26. The Morgan fingerprint density at radius 1 is 1.35 bits per heavy atom. The van der Waals surface area contributed by atoms with Gasteiger partial charge in [-0.3, -0.25) is 4.79 Å². The van der Waals surface area contributed by atoms with Crippen molar-refractivity contribution < 1.29 is 4.79 Å². The van der Waals surface area contributed by atoms with Crippen molar-refractivity contribution in [1.82, 2.24) is 0 Å². The summed E-state index contributed by atoms with van der Waals surface area (Å²) < 4.78 is 0. The molecule has 0 aromatic heterocycles. The van der Waals surface area contributed by atoms with Gasteiger partial charge in [0.25, 0.3) is 0 Å². The van der Waals surface area contributed by atoms with E-state index in [1.165, 1.54) is 16.7 Å². The molecule has 0 N–H and O–H groups in total. The summed E-state index contributed by atoms with van der Waals surface area (Å²) in [6, 6.07) is 8.56. The largest absolute Gasteiger partial charge is 0.295 e. The molecule has 0 atom stereocenters. The summed E-state index contributed by atoms with van der Waals surface area (Å²) in [5.74, 6) is 0.197. The third-order valence-electron chi connectivity index (χ3n) is 3.23. The van der Waals surface area contributed by atoms with Crippen LogP contribution < -0.4 is 0 Å². The number of carbonyl (C=O) groups excluding carboxylic acids is 1. The zero-order valence-electron chi connectivity index (χ0n) is 10.5. The second kappa shape index (κ2) is 5.13. The summed E-state index contributed by atoms with van der Waals surface area (Å²) in [7, 11) is 0. The molecule has 0 radical (unpaired) electrons. The van der Waals surface area contributed by atoms with Gasteiger partial charge in [0.15, 0.2) is 5.78 Å². The van der Waals surface area contributed by atoms with Crippen molar-refractivity contribution >= 4 is 11.4 Å². The average Bonchev–Trinajstić information content (AvgIpc) is 2.39. The summed E-state index contributed by atoms with van der Waals surface area (Å²) in [6.07, 6.45) is 7.16. The zero-order valence-corrected chi connectivity index (χ0v) is 10.5. The van der Waals surface area contributed by atoms with E-state index in [2.05, 4.69) is 37.3 Å². The molecule has 0 bridgehead atoms. The molecule has 1 aliphatic rings. The Morgan fingerprint density at radius 2 is 2.18 bits per heavy atom. The Morgan fingerprint density at radius 3 is 2.88 bits per heavy atom. The minimum Gasteiger partial charge on any atom is -0.295 e. The minimum absolute atomic E-state index is 0.197. The topological polar surface area (TPSA) is 17.1 Å². The second-order valence-corrected chi connectivity index (χ2v) is 4.48. The van der Waals surface area contributed by atoms with Crippen molar-refractivity contribution in [3.63, 3.8) is 0 Å². The van der Waals surface area contributed by atoms with E-state index in [0.29, 0.717) is 0 Å². The number of carbonyl (C=O) groups is 1. The van der Waals surface area contributed by atoms with Gasteiger partial charge in [-0.2, -0.15) is 0 Å². The number of ketones is 1. The number of allylic oxidation sites excluding steroid dienone is 4. The summed E-state index contributed by atoms with van der Waals surface area (Å²) in [4.78, 5) is 11.4. The van der Waals surface area contributed by atoms with Gasteiger partial charge in [0.2, 0.25) is 0 Å². The van der Waals surface area contributed by atoms with E-state index in [4.69, 9.17) is 0 Å². The fourth-order valence-electron chi connectivity index (χ4n) is 2.15. The van der Waals surface area contributed by atoms with Crippen molar-refractivity contribution in [3.05, 3.63) is 53.1 Å². The van der Waals surface area contributed by atoms with Gasteiger partial charge in [0.05, 0.1) is 0 Å². The second-order valence-electron chi connectivity index (χ2n) is 4.48. The third kappa shape index (κ3) is 2.73. The SMILES string of the molecule is CCc1cccc(C2=CCCC(C(C)=O)=C2)c1. The molecule has 0 amide bonds. The van der Waals surface area contributed by atoms with Gasteiger partial charge in [-0.15, -0.1) is 0 Å². The van der Waals surface area contributed by atoms with E-state index in [1.54, 1.807) is 6.92 Å². The molecule has 0 aliphatic heterocycles. The van der Waals surface area contributed by atoms with Crippen LogP contribution in [0.15, 0.2) is 42.0 Å². The van der Waals surface area contributed by atoms with E-state index in [1.807, 2.05) is 6.08 Å². The number of hydrogen-bond donors (Lipinski definition) is 0. The van der Waals surface area contributed by atoms with Gasteiger partial charge in [0.1, 0.15) is 0 Å². The molecule has 1 aliphatic carbocycles. The monoisotopic (exact) mass is 226 g/mol. The van der Waals surface area contributed by atoms with E-state index < -0.39 is 0 Å². The lowest BCUT2D eigenvalue weighted by Crippen LogP contribution is -2.01. The Kier molecular flexibility index (Phi) is 3.58. The number of aryl methyl sites for hydroxylation is 1. The first-order valence-electron chi connectivity index (χ1n) is 6.21. The van der Waals surface area contributed by atoms with Crippen molar-refractivity contribution in [2.45, 2.75) is 33.1 Å². The predicted octanol–water partition coefficient (Wildman–Crippen LogP) is 3.94. The smallest absolute Gasteiger partial charge is 0.155 e. The van der Waals surface area contributed by atoms with Crippen LogP contribution in [0.25, 0.3) is 5.57 Å². The molecule has 1 nitrogen and oxygen atoms in total. The first kappa shape index (κ1) is 11.8. The van der Waals surface area contributed by atoms with Crippen LogP contribution in [-0.4, -0.2) is 5.78 Å². The molecule has 0 unspecified atom stereocenters. The van der Waals surface area contributed by atoms with Crippen LogP contribution >= 0.6 is 0 Å². The fraction of sp³-hybridized carbons (Fsp3) is 0.312. The Bertz CT molecular complexity index is 492. The highest BCUT2D eigenvalue weighted by atomic mass is 16.1. The predicted molar refractivity (Wildman–Crippen MR) is 71.8 cm³/mol. The van der Waals surface area contributed by atoms with Gasteiger partial charge >= 0.3 is 0 Å². The van der Waals surface area contributed by atoms with Crippen LogP contribution in [0.3, 0.4) is 0 Å². The number of Topliss-reactive ketones (excluding diaryl/α,β-unsaturated/α-hetero) is 1. The lowest BCUT2D eigenvalue weighted by molar-refractivity contribution is -0.113. The number of rotatable bonds is 3. The van der Waals surface area contributed by atoms with E-state index in [-0.39, 0.29) is 5.78 Å². The Balaban J connectivity index is 2.33. The molecule has 0 saturated heterocycles. The maximum atomic E-state index is 11.4. The first-order chi connectivity index (χ1) is 8.20. The van der Waals surface area contributed by atoms with E-state index in [0.717, 1.165) is 24.8 Å². The van der Waals surface area contributed by atoms with Crippen LogP contribution in [0.1, 0.15) is 37.8 Å². The lowest BCUT2D eigenvalue weighted by atomic mass is 9.92. The van der Waals surface area contributed by atoms with Crippen LogP contribution in [0.5, 0.6) is 0 Å². The molecule has 1 aromatic carbocycles. The van der Waals surface area contributed by atoms with Crippen LogP contribution in [-0.2, 0) is 11.2 Å². The van der Waals surface area contributed by atoms with Crippen molar-refractivity contribution in [2.75, 3.05) is 0 Å². The molecular formula is C16H18O. The molecule has 0 saturated carbocycles. The quantitative estimate of drug-likeness (QED) is 0.763. The molecule has 1 aromatic rings. The normalized spacial score (nSPS) is 15.2. The lowest BCUT2D eigenvalue weighted by Gasteiger charge is -2.12. The fourth-order valence-corrected chi connectivity index (χ4v) is 2.15. The van der Waals surface area contributed by atoms with Crippen molar-refractivity contribution in [3.8, 4) is 0 Å². The Labute approximate surface area is 103 Å². The molecule has 0 heterocycles. The molecule has 0 spiro atoms. The Hall–Kier alpha value is -1.63. The average molecular weight is 226 g/mol. The summed E-state index contributed by atoms with van der Waals surface area (Å²) in [5, 5.41) is 0. The van der Waals surface area contributed by atoms with E-state index in [9.17, 15) is 4.79 Å². The van der Waals surface area contributed by atoms with Crippen LogP contribution in [0.4, 0.5) is 0 Å². The molecular weight excluding hydrogens is 208 g/mol. The van der Waals surface area contributed by atoms with Gasteiger partial charge in [-0.05, 0) is 54.5 Å². The third-order valence-corrected chi connectivity index (χ3v) is 3.23. The maximum absolute atomic E-state index is 11.4. The molecule has 88 valence electrons. The van der Waals surface area contributed by atoms with Crippen molar-refractivity contribution in [2.24, 2.45) is 0 Å². The number of hydrogen-bond acceptors (Lipinski definition) is 1.